The highest BCUT2D eigenvalue weighted by Gasteiger charge is 2.23. The molecule has 1 N–H and O–H groups in total. The van der Waals surface area contributed by atoms with Crippen LogP contribution in [0, 0.1) is 5.92 Å². The normalized spacial score (nSPS) is 14.8. The molecule has 1 aromatic rings. The molecule has 1 saturated heterocycles. The molecule has 0 unspecified atom stereocenters. The molecule has 1 aromatic carbocycles. The van der Waals surface area contributed by atoms with Crippen molar-refractivity contribution in [2.45, 2.75) is 12.8 Å². The predicted octanol–water partition coefficient (Wildman–Crippen LogP) is 1.67. The van der Waals surface area contributed by atoms with E-state index < -0.39 is 0 Å². The van der Waals surface area contributed by atoms with E-state index in [1.165, 1.54) is 7.11 Å². The number of nitrogens with zero attached hydrogens (tertiary/aromatic N) is 1. The number of carbonyl (C=O) groups is 2. The van der Waals surface area contributed by atoms with E-state index in [0.29, 0.717) is 37.1 Å². The Morgan fingerprint density at radius 3 is 2.58 bits per heavy atom. The zero-order chi connectivity index (χ0) is 17.4. The quantitative estimate of drug-likeness (QED) is 0.855. The van der Waals surface area contributed by atoms with E-state index in [-0.39, 0.29) is 18.6 Å². The Morgan fingerprint density at radius 1 is 1.21 bits per heavy atom. The van der Waals surface area contributed by atoms with Gasteiger partial charge in [-0.05, 0) is 30.9 Å². The molecule has 7 heteroatoms. The van der Waals surface area contributed by atoms with Crippen molar-refractivity contribution >= 4 is 12.0 Å². The summed E-state index contributed by atoms with van der Waals surface area (Å²) in [7, 11) is 2.97. The summed E-state index contributed by atoms with van der Waals surface area (Å²) in [5.74, 6) is 1.49. The van der Waals surface area contributed by atoms with Crippen molar-refractivity contribution in [1.82, 2.24) is 10.2 Å². The number of carbonyl (C=O) groups excluding carboxylic acids is 2. The van der Waals surface area contributed by atoms with E-state index >= 15 is 0 Å². The van der Waals surface area contributed by atoms with E-state index in [1.54, 1.807) is 30.2 Å². The summed E-state index contributed by atoms with van der Waals surface area (Å²) in [6, 6.07) is 7.13. The number of amides is 2. The highest BCUT2D eigenvalue weighted by molar-refractivity contribution is 5.77. The molecule has 0 aliphatic carbocycles. The molecule has 2 amide bonds. The van der Waals surface area contributed by atoms with Crippen molar-refractivity contribution in [3.05, 3.63) is 24.3 Å². The molecule has 7 nitrogen and oxygen atoms in total. The molecule has 0 atom stereocenters. The van der Waals surface area contributed by atoms with Crippen LogP contribution in [0.15, 0.2) is 24.3 Å². The third kappa shape index (κ3) is 5.33. The van der Waals surface area contributed by atoms with Crippen LogP contribution < -0.4 is 14.8 Å². The molecule has 1 aliphatic rings. The first kappa shape index (κ1) is 17.9. The fourth-order valence-corrected chi connectivity index (χ4v) is 2.60. The van der Waals surface area contributed by atoms with Gasteiger partial charge in [0.2, 0.25) is 0 Å². The first-order chi connectivity index (χ1) is 11.6. The largest absolute Gasteiger partial charge is 0.497 e. The van der Waals surface area contributed by atoms with Gasteiger partial charge in [0.1, 0.15) is 11.5 Å². The van der Waals surface area contributed by atoms with Gasteiger partial charge in [-0.1, -0.05) is 6.07 Å². The van der Waals surface area contributed by atoms with Gasteiger partial charge >= 0.3 is 6.09 Å². The SMILES string of the molecule is COC(=O)N1CCC(CNC(=O)COc2cccc(OC)c2)CC1. The molecule has 132 valence electrons. The molecule has 0 bridgehead atoms. The number of hydrogen-bond acceptors (Lipinski definition) is 5. The van der Waals surface area contributed by atoms with Crippen LogP contribution in [0.25, 0.3) is 0 Å². The molecule has 0 saturated carbocycles. The first-order valence-electron chi connectivity index (χ1n) is 7.99. The maximum atomic E-state index is 11.9. The van der Waals surface area contributed by atoms with Crippen LogP contribution in [-0.4, -0.2) is 57.4 Å². The second kappa shape index (κ2) is 9.00. The average Bonchev–Trinajstić information content (AvgIpc) is 2.64. The lowest BCUT2D eigenvalue weighted by atomic mass is 9.97. The molecule has 0 spiro atoms. The molecule has 0 radical (unpaired) electrons. The second-order valence-electron chi connectivity index (χ2n) is 5.67. The van der Waals surface area contributed by atoms with Crippen molar-refractivity contribution in [1.29, 1.82) is 0 Å². The van der Waals surface area contributed by atoms with Crippen LogP contribution in [0.3, 0.4) is 0 Å². The lowest BCUT2D eigenvalue weighted by molar-refractivity contribution is -0.123. The summed E-state index contributed by atoms with van der Waals surface area (Å²) in [4.78, 5) is 25.0. The third-order valence-corrected chi connectivity index (χ3v) is 4.05. The number of likely N-dealkylation sites (tertiary alicyclic amines) is 1. The van der Waals surface area contributed by atoms with E-state index in [9.17, 15) is 9.59 Å². The fourth-order valence-electron chi connectivity index (χ4n) is 2.60. The summed E-state index contributed by atoms with van der Waals surface area (Å²) >= 11 is 0. The van der Waals surface area contributed by atoms with Crippen LogP contribution in [0.4, 0.5) is 4.79 Å². The van der Waals surface area contributed by atoms with Crippen LogP contribution in [0.1, 0.15) is 12.8 Å². The minimum atomic E-state index is -0.288. The number of benzene rings is 1. The molecular weight excluding hydrogens is 312 g/mol. The number of nitrogens with one attached hydrogen (secondary N) is 1. The Morgan fingerprint density at radius 2 is 1.92 bits per heavy atom. The van der Waals surface area contributed by atoms with E-state index in [4.69, 9.17) is 14.2 Å². The average molecular weight is 336 g/mol. The zero-order valence-corrected chi connectivity index (χ0v) is 14.1. The molecule has 1 aliphatic heterocycles. The highest BCUT2D eigenvalue weighted by atomic mass is 16.5. The van der Waals surface area contributed by atoms with E-state index in [0.717, 1.165) is 12.8 Å². The topological polar surface area (TPSA) is 77.1 Å². The molecule has 1 heterocycles. The van der Waals surface area contributed by atoms with Crippen molar-refractivity contribution in [3.8, 4) is 11.5 Å². The summed E-state index contributed by atoms with van der Waals surface area (Å²) < 4.78 is 15.3. The zero-order valence-electron chi connectivity index (χ0n) is 14.1. The Kier molecular flexibility index (Phi) is 6.72. The minimum absolute atomic E-state index is 0.0336. The van der Waals surface area contributed by atoms with Gasteiger partial charge in [0.15, 0.2) is 6.61 Å². The number of hydrogen-bond donors (Lipinski definition) is 1. The maximum absolute atomic E-state index is 11.9. The van der Waals surface area contributed by atoms with Crippen molar-refractivity contribution in [3.63, 3.8) is 0 Å². The van der Waals surface area contributed by atoms with Crippen molar-refractivity contribution < 1.29 is 23.8 Å². The summed E-state index contributed by atoms with van der Waals surface area (Å²) in [5.41, 5.74) is 0. The van der Waals surface area contributed by atoms with E-state index in [2.05, 4.69) is 5.32 Å². The van der Waals surface area contributed by atoms with Gasteiger partial charge in [0.05, 0.1) is 14.2 Å². The minimum Gasteiger partial charge on any atom is -0.497 e. The van der Waals surface area contributed by atoms with Gasteiger partial charge in [0.25, 0.3) is 5.91 Å². The Labute approximate surface area is 141 Å². The number of ether oxygens (including phenoxy) is 3. The predicted molar refractivity (Wildman–Crippen MR) is 88.2 cm³/mol. The van der Waals surface area contributed by atoms with Gasteiger partial charge in [0, 0.05) is 25.7 Å². The van der Waals surface area contributed by atoms with Crippen LogP contribution in [0.2, 0.25) is 0 Å². The lowest BCUT2D eigenvalue weighted by Gasteiger charge is -2.30. The number of piperidine rings is 1. The third-order valence-electron chi connectivity index (χ3n) is 4.05. The van der Waals surface area contributed by atoms with Crippen molar-refractivity contribution in [2.24, 2.45) is 5.92 Å². The van der Waals surface area contributed by atoms with E-state index in [1.807, 2.05) is 6.07 Å². The first-order valence-corrected chi connectivity index (χ1v) is 7.99. The second-order valence-corrected chi connectivity index (χ2v) is 5.67. The molecule has 0 aromatic heterocycles. The number of methoxy groups -OCH3 is 2. The Bertz CT molecular complexity index is 556. The standard InChI is InChI=1S/C17H24N2O5/c1-22-14-4-3-5-15(10-14)24-12-16(20)18-11-13-6-8-19(9-7-13)17(21)23-2/h3-5,10,13H,6-9,11-12H2,1-2H3,(H,18,20). The molecule has 24 heavy (non-hydrogen) atoms. The summed E-state index contributed by atoms with van der Waals surface area (Å²) in [6.45, 7) is 1.88. The summed E-state index contributed by atoms with van der Waals surface area (Å²) in [5, 5.41) is 2.88. The van der Waals surface area contributed by atoms with Gasteiger partial charge in [-0.3, -0.25) is 4.79 Å². The molecular formula is C17H24N2O5. The van der Waals surface area contributed by atoms with Gasteiger partial charge < -0.3 is 24.4 Å². The monoisotopic (exact) mass is 336 g/mol. The summed E-state index contributed by atoms with van der Waals surface area (Å²) in [6.07, 6.45) is 1.42. The lowest BCUT2D eigenvalue weighted by Crippen LogP contribution is -2.42. The number of rotatable bonds is 6. The van der Waals surface area contributed by atoms with Crippen LogP contribution >= 0.6 is 0 Å². The fraction of sp³-hybridized carbons (Fsp3) is 0.529. The van der Waals surface area contributed by atoms with Gasteiger partial charge in [-0.2, -0.15) is 0 Å². The van der Waals surface area contributed by atoms with Gasteiger partial charge in [-0.15, -0.1) is 0 Å². The van der Waals surface area contributed by atoms with Crippen LogP contribution in [-0.2, 0) is 9.53 Å². The van der Waals surface area contributed by atoms with Gasteiger partial charge in [-0.25, -0.2) is 4.79 Å². The van der Waals surface area contributed by atoms with Crippen molar-refractivity contribution in [2.75, 3.05) is 40.5 Å². The Hall–Kier alpha value is -2.44. The molecule has 2 rings (SSSR count). The Balaban J connectivity index is 1.66. The molecule has 1 fully saturated rings. The smallest absolute Gasteiger partial charge is 0.409 e. The van der Waals surface area contributed by atoms with Crippen LogP contribution in [0.5, 0.6) is 11.5 Å². The maximum Gasteiger partial charge on any atom is 0.409 e. The highest BCUT2D eigenvalue weighted by Crippen LogP contribution is 2.19.